The number of hydrogen-bond acceptors (Lipinski definition) is 9. The summed E-state index contributed by atoms with van der Waals surface area (Å²) in [6.45, 7) is 11.7. The van der Waals surface area contributed by atoms with Gasteiger partial charge in [0.15, 0.2) is 11.3 Å². The molecular formula is C30H35N9O2. The van der Waals surface area contributed by atoms with E-state index in [2.05, 4.69) is 87.3 Å². The average molecular weight is 554 g/mol. The molecule has 0 spiro atoms. The quantitative estimate of drug-likeness (QED) is 0.359. The minimum atomic E-state index is -0.393. The maximum atomic E-state index is 13.2. The Balaban J connectivity index is 1.37. The third-order valence-corrected chi connectivity index (χ3v) is 7.09. The Labute approximate surface area is 239 Å². The summed E-state index contributed by atoms with van der Waals surface area (Å²) in [5.41, 5.74) is 10.6. The number of ether oxygens (including phenoxy) is 1. The average Bonchev–Trinajstić information content (AvgIpc) is 3.35. The van der Waals surface area contributed by atoms with Crippen molar-refractivity contribution >= 4 is 22.9 Å². The monoisotopic (exact) mass is 553 g/mol. The van der Waals surface area contributed by atoms with E-state index in [1.54, 1.807) is 28.8 Å². The number of nitrogen functional groups attached to an aromatic ring is 1. The van der Waals surface area contributed by atoms with E-state index in [0.717, 1.165) is 32.7 Å². The van der Waals surface area contributed by atoms with Crippen molar-refractivity contribution in [3.63, 3.8) is 0 Å². The van der Waals surface area contributed by atoms with Crippen molar-refractivity contribution in [2.45, 2.75) is 32.7 Å². The van der Waals surface area contributed by atoms with Gasteiger partial charge in [0.2, 0.25) is 11.7 Å². The Morgan fingerprint density at radius 2 is 1.80 bits per heavy atom. The lowest BCUT2D eigenvalue weighted by Gasteiger charge is -2.34. The van der Waals surface area contributed by atoms with Crippen LogP contribution < -0.4 is 15.8 Å². The van der Waals surface area contributed by atoms with Crippen molar-refractivity contribution in [1.29, 1.82) is 0 Å². The van der Waals surface area contributed by atoms with Crippen LogP contribution in [0.2, 0.25) is 0 Å². The molecular weight excluding hydrogens is 518 g/mol. The van der Waals surface area contributed by atoms with Gasteiger partial charge in [-0.05, 0) is 59.8 Å². The number of piperazine rings is 1. The van der Waals surface area contributed by atoms with Crippen molar-refractivity contribution in [2.75, 3.05) is 51.4 Å². The molecule has 1 amide bonds. The first-order chi connectivity index (χ1) is 19.6. The highest BCUT2D eigenvalue weighted by Gasteiger charge is 2.22. The van der Waals surface area contributed by atoms with E-state index in [4.69, 9.17) is 10.5 Å². The summed E-state index contributed by atoms with van der Waals surface area (Å²) in [5.74, 6) is 6.15. The first kappa shape index (κ1) is 28.0. The summed E-state index contributed by atoms with van der Waals surface area (Å²) < 4.78 is 7.02. The van der Waals surface area contributed by atoms with Gasteiger partial charge in [-0.25, -0.2) is 0 Å². The van der Waals surface area contributed by atoms with Crippen LogP contribution in [0.1, 0.15) is 53.8 Å². The maximum Gasteiger partial charge on any atom is 0.276 e. The van der Waals surface area contributed by atoms with Crippen LogP contribution >= 0.6 is 0 Å². The van der Waals surface area contributed by atoms with Crippen molar-refractivity contribution in [3.8, 4) is 17.7 Å². The zero-order valence-corrected chi connectivity index (χ0v) is 24.1. The van der Waals surface area contributed by atoms with Gasteiger partial charge >= 0.3 is 0 Å². The Kier molecular flexibility index (Phi) is 7.88. The Morgan fingerprint density at radius 3 is 2.54 bits per heavy atom. The van der Waals surface area contributed by atoms with Crippen LogP contribution in [0.25, 0.3) is 5.65 Å². The molecule has 11 heteroatoms. The summed E-state index contributed by atoms with van der Waals surface area (Å²) in [4.78, 5) is 18.1. The van der Waals surface area contributed by atoms with Gasteiger partial charge in [0, 0.05) is 50.3 Å². The second-order valence-electron chi connectivity index (χ2n) is 11.3. The van der Waals surface area contributed by atoms with Crippen molar-refractivity contribution in [1.82, 2.24) is 34.6 Å². The molecule has 0 bridgehead atoms. The zero-order valence-electron chi connectivity index (χ0n) is 24.1. The summed E-state index contributed by atoms with van der Waals surface area (Å²) in [6.07, 6.45) is 1.70. The molecule has 3 N–H and O–H groups in total. The minimum Gasteiger partial charge on any atom is -0.479 e. The third-order valence-electron chi connectivity index (χ3n) is 7.09. The van der Waals surface area contributed by atoms with Crippen molar-refractivity contribution in [3.05, 3.63) is 70.8 Å². The topological polar surface area (TPSA) is 127 Å². The van der Waals surface area contributed by atoms with E-state index in [1.807, 2.05) is 6.07 Å². The number of aromatic nitrogens is 5. The molecule has 0 saturated carbocycles. The van der Waals surface area contributed by atoms with E-state index in [0.29, 0.717) is 28.4 Å². The van der Waals surface area contributed by atoms with Gasteiger partial charge in [-0.1, -0.05) is 32.8 Å². The molecule has 1 fully saturated rings. The van der Waals surface area contributed by atoms with Gasteiger partial charge in [0.25, 0.3) is 5.91 Å². The number of carbonyl (C=O) groups excluding carboxylic acids is 1. The largest absolute Gasteiger partial charge is 0.479 e. The Morgan fingerprint density at radius 1 is 1.02 bits per heavy atom. The first-order valence-electron chi connectivity index (χ1n) is 13.5. The molecule has 3 aromatic heterocycles. The van der Waals surface area contributed by atoms with Crippen LogP contribution in [0, 0.1) is 11.8 Å². The molecule has 0 aliphatic carbocycles. The molecule has 4 aromatic rings. The highest BCUT2D eigenvalue weighted by Crippen LogP contribution is 2.30. The number of anilines is 2. The van der Waals surface area contributed by atoms with Gasteiger partial charge in [-0.3, -0.25) is 14.1 Å². The van der Waals surface area contributed by atoms with Crippen LogP contribution in [0.5, 0.6) is 5.88 Å². The van der Waals surface area contributed by atoms with E-state index in [1.165, 1.54) is 18.2 Å². The van der Waals surface area contributed by atoms with Crippen molar-refractivity contribution in [2.24, 2.45) is 0 Å². The number of hydrogen-bond donors (Lipinski definition) is 2. The number of nitrogens with zero attached hydrogens (tertiary/aromatic N) is 7. The number of amides is 1. The number of fused-ring (bicyclic) bond motifs is 1. The predicted molar refractivity (Wildman–Crippen MR) is 158 cm³/mol. The molecule has 1 aliphatic heterocycles. The number of pyridine rings is 1. The molecule has 0 unspecified atom stereocenters. The Hall–Kier alpha value is -4.53. The predicted octanol–water partition coefficient (Wildman–Crippen LogP) is 2.81. The van der Waals surface area contributed by atoms with Gasteiger partial charge in [-0.2, -0.15) is 0 Å². The Bertz CT molecular complexity index is 1640. The summed E-state index contributed by atoms with van der Waals surface area (Å²) in [6, 6.07) is 11.2. The normalized spacial score (nSPS) is 14.5. The van der Waals surface area contributed by atoms with E-state index in [-0.39, 0.29) is 17.0 Å². The highest BCUT2D eigenvalue weighted by molar-refractivity contribution is 6.03. The second kappa shape index (κ2) is 11.5. The molecule has 0 atom stereocenters. The SMILES string of the molecule is COc1nnc(C(=O)Nc2ccc(CN3CCN(C)CC3)c(C(C)(C)C)c2)cc1C#Cc1nnc2ccc(N)cn12. The van der Waals surface area contributed by atoms with Gasteiger partial charge in [0.1, 0.15) is 0 Å². The van der Waals surface area contributed by atoms with Gasteiger partial charge in [0.05, 0.1) is 12.7 Å². The lowest BCUT2D eigenvalue weighted by molar-refractivity contribution is 0.102. The minimum absolute atomic E-state index is 0.0954. The number of methoxy groups -OCH3 is 1. The van der Waals surface area contributed by atoms with Gasteiger partial charge < -0.3 is 20.7 Å². The molecule has 4 heterocycles. The number of carbonyl (C=O) groups is 1. The second-order valence-corrected chi connectivity index (χ2v) is 11.3. The molecule has 11 nitrogen and oxygen atoms in total. The van der Waals surface area contributed by atoms with Gasteiger partial charge in [-0.15, -0.1) is 20.4 Å². The number of rotatable bonds is 5. The fourth-order valence-electron chi connectivity index (χ4n) is 4.78. The smallest absolute Gasteiger partial charge is 0.276 e. The highest BCUT2D eigenvalue weighted by atomic mass is 16.5. The van der Waals surface area contributed by atoms with Crippen LogP contribution in [0.4, 0.5) is 11.4 Å². The third kappa shape index (κ3) is 6.45. The molecule has 212 valence electrons. The fourth-order valence-corrected chi connectivity index (χ4v) is 4.78. The van der Waals surface area contributed by atoms with Crippen LogP contribution in [0.15, 0.2) is 42.6 Å². The molecule has 1 saturated heterocycles. The molecule has 41 heavy (non-hydrogen) atoms. The van der Waals surface area contributed by atoms with E-state index >= 15 is 0 Å². The summed E-state index contributed by atoms with van der Waals surface area (Å²) >= 11 is 0. The fraction of sp³-hybridized carbons (Fsp3) is 0.367. The van der Waals surface area contributed by atoms with Crippen LogP contribution in [-0.4, -0.2) is 80.8 Å². The lowest BCUT2D eigenvalue weighted by atomic mass is 9.83. The molecule has 0 radical (unpaired) electrons. The number of likely N-dealkylation sites (N-methyl/N-ethyl adjacent to an activating group) is 1. The number of nitrogens with one attached hydrogen (secondary N) is 1. The molecule has 1 aromatic carbocycles. The zero-order chi connectivity index (χ0) is 29.1. The van der Waals surface area contributed by atoms with Crippen molar-refractivity contribution < 1.29 is 9.53 Å². The molecule has 1 aliphatic rings. The maximum absolute atomic E-state index is 13.2. The van der Waals surface area contributed by atoms with E-state index < -0.39 is 5.91 Å². The lowest BCUT2D eigenvalue weighted by Crippen LogP contribution is -2.44. The summed E-state index contributed by atoms with van der Waals surface area (Å²) in [7, 11) is 3.63. The van der Waals surface area contributed by atoms with Crippen LogP contribution in [-0.2, 0) is 12.0 Å². The number of nitrogens with two attached hydrogens (primary N) is 1. The number of benzene rings is 1. The molecule has 5 rings (SSSR count). The standard InChI is InChI=1S/C30H35N9O2/c1-30(2,3)24-17-23(9-6-21(24)18-38-14-12-37(4)13-15-38)32-28(40)25-16-20(29(41-5)36-33-25)7-10-26-34-35-27-11-8-22(31)19-39(26)27/h6,8-9,11,16-17,19H,12-15,18,31H2,1-5H3,(H,32,40). The van der Waals surface area contributed by atoms with Crippen LogP contribution in [0.3, 0.4) is 0 Å². The first-order valence-corrected chi connectivity index (χ1v) is 13.5. The van der Waals surface area contributed by atoms with E-state index in [9.17, 15) is 4.79 Å². The summed E-state index contributed by atoms with van der Waals surface area (Å²) in [5, 5.41) is 19.3.